The largest absolute Gasteiger partial charge is 0.488 e. The zero-order chi connectivity index (χ0) is 19.2. The molecule has 1 saturated heterocycles. The molecule has 27 heavy (non-hydrogen) atoms. The molecule has 0 unspecified atom stereocenters. The zero-order valence-corrected chi connectivity index (χ0v) is 17.7. The Labute approximate surface area is 176 Å². The second kappa shape index (κ2) is 9.99. The van der Waals surface area contributed by atoms with Gasteiger partial charge in [0, 0.05) is 45.3 Å². The van der Waals surface area contributed by atoms with Crippen LogP contribution < -0.4 is 10.1 Å². The number of hydrogen-bond donors (Lipinski definition) is 1. The number of benzene rings is 2. The van der Waals surface area contributed by atoms with Gasteiger partial charge in [-0.05, 0) is 56.3 Å². The van der Waals surface area contributed by atoms with Crippen molar-refractivity contribution in [3.05, 3.63) is 62.6 Å². The predicted molar refractivity (Wildman–Crippen MR) is 114 cm³/mol. The van der Waals surface area contributed by atoms with E-state index in [4.69, 9.17) is 39.5 Å². The van der Waals surface area contributed by atoms with Gasteiger partial charge in [0.15, 0.2) is 0 Å². The van der Waals surface area contributed by atoms with E-state index in [1.165, 1.54) is 19.4 Å². The molecule has 0 saturated carbocycles. The molecule has 3 rings (SSSR count). The minimum atomic E-state index is 0.319. The number of likely N-dealkylation sites (tertiary alicyclic amines) is 1. The minimum absolute atomic E-state index is 0.319. The normalized spacial score (nSPS) is 17.4. The summed E-state index contributed by atoms with van der Waals surface area (Å²) >= 11 is 18.7. The van der Waals surface area contributed by atoms with Crippen LogP contribution in [-0.2, 0) is 13.2 Å². The van der Waals surface area contributed by atoms with Gasteiger partial charge < -0.3 is 10.1 Å². The zero-order valence-electron chi connectivity index (χ0n) is 15.5. The monoisotopic (exact) mass is 426 g/mol. The molecule has 3 nitrogen and oxygen atoms in total. The lowest BCUT2D eigenvalue weighted by Gasteiger charge is -2.23. The van der Waals surface area contributed by atoms with Crippen molar-refractivity contribution < 1.29 is 4.74 Å². The number of likely N-dealkylation sites (N-methyl/N-ethyl adjacent to an activating group) is 1. The molecule has 1 aliphatic rings. The number of rotatable bonds is 8. The molecular weight excluding hydrogens is 403 g/mol. The van der Waals surface area contributed by atoms with Crippen LogP contribution in [0.1, 0.15) is 30.9 Å². The van der Waals surface area contributed by atoms with Crippen molar-refractivity contribution in [2.24, 2.45) is 0 Å². The molecule has 2 aromatic carbocycles. The summed E-state index contributed by atoms with van der Waals surface area (Å²) in [4.78, 5) is 2.53. The maximum atomic E-state index is 6.24. The fraction of sp³-hybridized carbons (Fsp3) is 0.429. The number of nitrogens with zero attached hydrogens (tertiary/aromatic N) is 1. The van der Waals surface area contributed by atoms with Gasteiger partial charge in [0.05, 0.1) is 0 Å². The molecule has 0 bridgehead atoms. The Morgan fingerprint density at radius 3 is 2.67 bits per heavy atom. The summed E-state index contributed by atoms with van der Waals surface area (Å²) in [5.41, 5.74) is 1.82. The topological polar surface area (TPSA) is 24.5 Å². The Kier molecular flexibility index (Phi) is 7.68. The van der Waals surface area contributed by atoms with Crippen molar-refractivity contribution in [1.29, 1.82) is 0 Å². The van der Waals surface area contributed by atoms with Crippen LogP contribution in [0.2, 0.25) is 15.1 Å². The van der Waals surface area contributed by atoms with Gasteiger partial charge in [-0.25, -0.2) is 0 Å². The third kappa shape index (κ3) is 5.52. The van der Waals surface area contributed by atoms with E-state index in [0.717, 1.165) is 30.0 Å². The Morgan fingerprint density at radius 1 is 1.15 bits per heavy atom. The number of nitrogens with one attached hydrogen (secondary N) is 1. The van der Waals surface area contributed by atoms with Gasteiger partial charge in [-0.3, -0.25) is 4.90 Å². The van der Waals surface area contributed by atoms with Crippen molar-refractivity contribution >= 4 is 34.8 Å². The van der Waals surface area contributed by atoms with Gasteiger partial charge in [-0.15, -0.1) is 0 Å². The van der Waals surface area contributed by atoms with E-state index in [0.29, 0.717) is 34.3 Å². The predicted octanol–water partition coefficient (Wildman–Crippen LogP) is 5.80. The first-order valence-corrected chi connectivity index (χ1v) is 10.5. The highest BCUT2D eigenvalue weighted by Gasteiger charge is 2.22. The van der Waals surface area contributed by atoms with Gasteiger partial charge in [0.25, 0.3) is 0 Å². The average Bonchev–Trinajstić information content (AvgIpc) is 3.10. The Bertz CT molecular complexity index is 749. The lowest BCUT2D eigenvalue weighted by atomic mass is 10.1. The van der Waals surface area contributed by atoms with Gasteiger partial charge in [0.1, 0.15) is 12.4 Å². The van der Waals surface area contributed by atoms with Crippen LogP contribution in [-0.4, -0.2) is 30.6 Å². The summed E-state index contributed by atoms with van der Waals surface area (Å²) in [5.74, 6) is 0.793. The Balaban J connectivity index is 1.62. The third-order valence-electron chi connectivity index (χ3n) is 5.06. The second-order valence-electron chi connectivity index (χ2n) is 6.80. The fourth-order valence-corrected chi connectivity index (χ4v) is 4.26. The van der Waals surface area contributed by atoms with Crippen LogP contribution in [0.4, 0.5) is 0 Å². The highest BCUT2D eigenvalue weighted by atomic mass is 35.5. The van der Waals surface area contributed by atoms with E-state index in [2.05, 4.69) is 17.1 Å². The highest BCUT2D eigenvalue weighted by molar-refractivity contribution is 6.36. The number of hydrogen-bond acceptors (Lipinski definition) is 3. The Hall–Kier alpha value is -0.970. The summed E-state index contributed by atoms with van der Waals surface area (Å²) < 4.78 is 6.03. The number of ether oxygens (including phenoxy) is 1. The molecule has 0 aromatic heterocycles. The second-order valence-corrected chi connectivity index (χ2v) is 8.05. The van der Waals surface area contributed by atoms with Crippen LogP contribution in [0.3, 0.4) is 0 Å². The molecule has 1 fully saturated rings. The lowest BCUT2D eigenvalue weighted by Crippen LogP contribution is -2.37. The molecule has 0 aliphatic carbocycles. The molecular formula is C21H25Cl3N2O. The van der Waals surface area contributed by atoms with Crippen LogP contribution in [0.15, 0.2) is 36.4 Å². The van der Waals surface area contributed by atoms with Gasteiger partial charge in [-0.2, -0.15) is 0 Å². The van der Waals surface area contributed by atoms with Crippen LogP contribution in [0.25, 0.3) is 0 Å². The average molecular weight is 428 g/mol. The van der Waals surface area contributed by atoms with Gasteiger partial charge in [0.2, 0.25) is 0 Å². The summed E-state index contributed by atoms with van der Waals surface area (Å²) in [5, 5.41) is 5.48. The summed E-state index contributed by atoms with van der Waals surface area (Å²) in [6, 6.07) is 11.8. The SMILES string of the molecule is CCN1CCC[C@H]1CNCc1cc(Cl)ccc1OCc1c(Cl)cccc1Cl. The van der Waals surface area contributed by atoms with E-state index in [-0.39, 0.29) is 0 Å². The maximum absolute atomic E-state index is 6.24. The first kappa shape index (κ1) is 20.8. The Morgan fingerprint density at radius 2 is 1.93 bits per heavy atom. The fourth-order valence-electron chi connectivity index (χ4n) is 3.56. The third-order valence-corrected chi connectivity index (χ3v) is 6.00. The van der Waals surface area contributed by atoms with Crippen molar-refractivity contribution in [2.45, 2.75) is 39.0 Å². The highest BCUT2D eigenvalue weighted by Crippen LogP contribution is 2.28. The van der Waals surface area contributed by atoms with E-state index in [1.54, 1.807) is 0 Å². The molecule has 1 N–H and O–H groups in total. The minimum Gasteiger partial charge on any atom is -0.488 e. The van der Waals surface area contributed by atoms with Crippen molar-refractivity contribution in [2.75, 3.05) is 19.6 Å². The summed E-state index contributed by atoms with van der Waals surface area (Å²) in [7, 11) is 0. The van der Waals surface area contributed by atoms with Gasteiger partial charge in [-0.1, -0.05) is 47.8 Å². The first-order valence-electron chi connectivity index (χ1n) is 9.37. The molecule has 2 aromatic rings. The quantitative estimate of drug-likeness (QED) is 0.576. The number of halogens is 3. The van der Waals surface area contributed by atoms with Crippen molar-refractivity contribution in [3.8, 4) is 5.75 Å². The van der Waals surface area contributed by atoms with Crippen molar-refractivity contribution in [3.63, 3.8) is 0 Å². The van der Waals surface area contributed by atoms with Crippen LogP contribution in [0, 0.1) is 0 Å². The molecule has 1 aliphatic heterocycles. The van der Waals surface area contributed by atoms with E-state index in [1.807, 2.05) is 36.4 Å². The molecule has 6 heteroatoms. The smallest absolute Gasteiger partial charge is 0.124 e. The van der Waals surface area contributed by atoms with E-state index >= 15 is 0 Å². The summed E-state index contributed by atoms with van der Waals surface area (Å²) in [6.45, 7) is 6.53. The van der Waals surface area contributed by atoms with E-state index < -0.39 is 0 Å². The molecule has 146 valence electrons. The molecule has 1 heterocycles. The van der Waals surface area contributed by atoms with Crippen LogP contribution >= 0.6 is 34.8 Å². The standard InChI is InChI=1S/C21H25Cl3N2O/c1-2-26-10-4-5-17(26)13-25-12-15-11-16(22)8-9-21(15)27-14-18-19(23)6-3-7-20(18)24/h3,6-9,11,17,25H,2,4-5,10,12-14H2,1H3/t17-/m0/s1. The molecule has 1 atom stereocenters. The van der Waals surface area contributed by atoms with E-state index in [9.17, 15) is 0 Å². The lowest BCUT2D eigenvalue weighted by molar-refractivity contribution is 0.259. The summed E-state index contributed by atoms with van der Waals surface area (Å²) in [6.07, 6.45) is 2.54. The molecule has 0 amide bonds. The van der Waals surface area contributed by atoms with Crippen molar-refractivity contribution in [1.82, 2.24) is 10.2 Å². The van der Waals surface area contributed by atoms with Gasteiger partial charge >= 0.3 is 0 Å². The first-order chi connectivity index (χ1) is 13.1. The molecule has 0 radical (unpaired) electrons. The molecule has 0 spiro atoms. The van der Waals surface area contributed by atoms with Crippen LogP contribution in [0.5, 0.6) is 5.75 Å². The maximum Gasteiger partial charge on any atom is 0.124 e.